The van der Waals surface area contributed by atoms with Crippen molar-refractivity contribution in [1.29, 1.82) is 0 Å². The fraction of sp³-hybridized carbons (Fsp3) is 0.381. The van der Waals surface area contributed by atoms with E-state index in [0.29, 0.717) is 19.5 Å². The third-order valence-corrected chi connectivity index (χ3v) is 5.72. The van der Waals surface area contributed by atoms with Gasteiger partial charge in [0, 0.05) is 49.8 Å². The second-order valence-electron chi connectivity index (χ2n) is 7.37. The first kappa shape index (κ1) is 19.2. The number of nitro groups is 1. The van der Waals surface area contributed by atoms with Crippen molar-refractivity contribution < 1.29 is 18.8 Å². The van der Waals surface area contributed by atoms with Gasteiger partial charge in [0.2, 0.25) is 11.7 Å². The van der Waals surface area contributed by atoms with Crippen LogP contribution in [0, 0.1) is 15.9 Å². The number of carbonyl (C=O) groups is 1. The van der Waals surface area contributed by atoms with Crippen LogP contribution in [0.5, 0.6) is 5.75 Å². The maximum absolute atomic E-state index is 14.5. The van der Waals surface area contributed by atoms with Crippen LogP contribution >= 0.6 is 0 Å². The summed E-state index contributed by atoms with van der Waals surface area (Å²) in [6.07, 6.45) is 2.24. The molecule has 152 valence electrons. The maximum atomic E-state index is 14.5. The molecule has 1 unspecified atom stereocenters. The molecule has 0 spiro atoms. The van der Waals surface area contributed by atoms with Crippen LogP contribution in [0.1, 0.15) is 30.7 Å². The molecule has 0 aliphatic carbocycles. The van der Waals surface area contributed by atoms with E-state index in [0.717, 1.165) is 36.7 Å². The number of nitrogens with zero attached hydrogens (tertiary/aromatic N) is 3. The molecule has 8 heteroatoms. The zero-order valence-electron chi connectivity index (χ0n) is 16.1. The van der Waals surface area contributed by atoms with E-state index in [9.17, 15) is 19.3 Å². The smallest absolute Gasteiger partial charge is 0.328 e. The fourth-order valence-corrected chi connectivity index (χ4v) is 4.29. The quantitative estimate of drug-likeness (QED) is 0.542. The zero-order valence-corrected chi connectivity index (χ0v) is 16.1. The van der Waals surface area contributed by atoms with E-state index in [1.54, 1.807) is 4.90 Å². The van der Waals surface area contributed by atoms with E-state index in [1.807, 2.05) is 29.2 Å². The number of nitro benzene ring substituents is 1. The van der Waals surface area contributed by atoms with E-state index in [-0.39, 0.29) is 23.3 Å². The highest BCUT2D eigenvalue weighted by atomic mass is 19.1. The standard InChI is InChI=1S/C21H22FN3O4/c1-29-15-11-17(22)21(25(27)28)19(12-15)24-13-14(16-5-2-3-6-18(16)24)8-10-23-9-4-7-20(23)26/h2-3,5-6,11-12,14H,4,7-10,13H2,1H3. The fourth-order valence-electron chi connectivity index (χ4n) is 4.29. The lowest BCUT2D eigenvalue weighted by molar-refractivity contribution is -0.386. The maximum Gasteiger partial charge on any atom is 0.328 e. The molecule has 0 radical (unpaired) electrons. The van der Waals surface area contributed by atoms with Crippen molar-refractivity contribution in [3.8, 4) is 5.75 Å². The number of hydrogen-bond donors (Lipinski definition) is 0. The molecule has 2 heterocycles. The lowest BCUT2D eigenvalue weighted by atomic mass is 9.98. The molecule has 2 aliphatic heterocycles. The number of halogens is 1. The minimum absolute atomic E-state index is 0.0912. The van der Waals surface area contributed by atoms with Gasteiger partial charge >= 0.3 is 5.69 Å². The summed E-state index contributed by atoms with van der Waals surface area (Å²) in [5.41, 5.74) is 1.49. The largest absolute Gasteiger partial charge is 0.497 e. The van der Waals surface area contributed by atoms with Crippen LogP contribution in [-0.4, -0.2) is 42.5 Å². The number of para-hydroxylation sites is 1. The Kier molecular flexibility index (Phi) is 5.08. The number of benzene rings is 2. The number of hydrogen-bond acceptors (Lipinski definition) is 5. The van der Waals surface area contributed by atoms with Crippen LogP contribution in [0.2, 0.25) is 0 Å². The monoisotopic (exact) mass is 399 g/mol. The van der Waals surface area contributed by atoms with Crippen LogP contribution in [0.4, 0.5) is 21.5 Å². The highest BCUT2D eigenvalue weighted by Crippen LogP contribution is 2.46. The van der Waals surface area contributed by atoms with Crippen molar-refractivity contribution in [2.24, 2.45) is 0 Å². The molecular weight excluding hydrogens is 377 g/mol. The first-order valence-corrected chi connectivity index (χ1v) is 9.65. The summed E-state index contributed by atoms with van der Waals surface area (Å²) < 4.78 is 19.6. The van der Waals surface area contributed by atoms with Crippen LogP contribution in [0.3, 0.4) is 0 Å². The minimum atomic E-state index is -0.923. The van der Waals surface area contributed by atoms with Gasteiger partial charge in [-0.15, -0.1) is 0 Å². The molecule has 2 aromatic rings. The molecule has 0 saturated carbocycles. The van der Waals surface area contributed by atoms with Gasteiger partial charge in [-0.25, -0.2) is 0 Å². The first-order chi connectivity index (χ1) is 14.0. The Hall–Kier alpha value is -3.16. The van der Waals surface area contributed by atoms with Crippen molar-refractivity contribution >= 4 is 23.0 Å². The molecule has 0 aromatic heterocycles. The highest BCUT2D eigenvalue weighted by molar-refractivity contribution is 5.79. The molecule has 2 aromatic carbocycles. The molecule has 7 nitrogen and oxygen atoms in total. The van der Waals surface area contributed by atoms with E-state index in [2.05, 4.69) is 0 Å². The number of likely N-dealkylation sites (tertiary alicyclic amines) is 1. The second-order valence-corrected chi connectivity index (χ2v) is 7.37. The Bertz CT molecular complexity index is 965. The van der Waals surface area contributed by atoms with Gasteiger partial charge in [0.15, 0.2) is 0 Å². The summed E-state index contributed by atoms with van der Waals surface area (Å²) in [5, 5.41) is 11.6. The molecule has 4 rings (SSSR count). The summed E-state index contributed by atoms with van der Waals surface area (Å²) in [6, 6.07) is 10.2. The van der Waals surface area contributed by atoms with Crippen molar-refractivity contribution in [2.45, 2.75) is 25.2 Å². The zero-order chi connectivity index (χ0) is 20.5. The van der Waals surface area contributed by atoms with Crippen molar-refractivity contribution in [3.05, 3.63) is 57.9 Å². The summed E-state index contributed by atoms with van der Waals surface area (Å²) >= 11 is 0. The summed E-state index contributed by atoms with van der Waals surface area (Å²) in [5.74, 6) is -0.424. The van der Waals surface area contributed by atoms with E-state index < -0.39 is 16.4 Å². The van der Waals surface area contributed by atoms with Crippen molar-refractivity contribution in [3.63, 3.8) is 0 Å². The van der Waals surface area contributed by atoms with Gasteiger partial charge in [-0.1, -0.05) is 18.2 Å². The van der Waals surface area contributed by atoms with E-state index in [4.69, 9.17) is 4.74 Å². The number of fused-ring (bicyclic) bond motifs is 1. The van der Waals surface area contributed by atoms with Gasteiger partial charge in [-0.3, -0.25) is 14.9 Å². The molecule has 2 aliphatic rings. The molecule has 1 amide bonds. The third kappa shape index (κ3) is 3.50. The predicted octanol–water partition coefficient (Wildman–Crippen LogP) is 3.99. The number of rotatable bonds is 6. The number of ether oxygens (including phenoxy) is 1. The average Bonchev–Trinajstić information content (AvgIpc) is 3.28. The minimum Gasteiger partial charge on any atom is -0.497 e. The second kappa shape index (κ2) is 7.69. The number of methoxy groups -OCH3 is 1. The van der Waals surface area contributed by atoms with E-state index >= 15 is 0 Å². The number of carbonyl (C=O) groups excluding carboxylic acids is 1. The number of amides is 1. The molecule has 1 fully saturated rings. The van der Waals surface area contributed by atoms with Crippen LogP contribution in [0.15, 0.2) is 36.4 Å². The average molecular weight is 399 g/mol. The Balaban J connectivity index is 1.68. The Morgan fingerprint density at radius 2 is 2.07 bits per heavy atom. The van der Waals surface area contributed by atoms with Gasteiger partial charge in [-0.05, 0) is 24.5 Å². The van der Waals surface area contributed by atoms with Gasteiger partial charge in [-0.2, -0.15) is 4.39 Å². The molecule has 1 atom stereocenters. The van der Waals surface area contributed by atoms with Crippen LogP contribution < -0.4 is 9.64 Å². The Morgan fingerprint density at radius 3 is 2.76 bits per heavy atom. The molecular formula is C21H22FN3O4. The first-order valence-electron chi connectivity index (χ1n) is 9.65. The number of anilines is 2. The topological polar surface area (TPSA) is 75.9 Å². The van der Waals surface area contributed by atoms with Crippen LogP contribution in [0.25, 0.3) is 0 Å². The summed E-state index contributed by atoms with van der Waals surface area (Å²) in [6.45, 7) is 1.92. The van der Waals surface area contributed by atoms with E-state index in [1.165, 1.54) is 13.2 Å². The summed E-state index contributed by atoms with van der Waals surface area (Å²) in [4.78, 5) is 26.5. The summed E-state index contributed by atoms with van der Waals surface area (Å²) in [7, 11) is 1.40. The predicted molar refractivity (Wildman–Crippen MR) is 106 cm³/mol. The highest BCUT2D eigenvalue weighted by Gasteiger charge is 2.35. The Labute approximate surface area is 167 Å². The lowest BCUT2D eigenvalue weighted by Crippen LogP contribution is -2.27. The molecule has 0 N–H and O–H groups in total. The Morgan fingerprint density at radius 1 is 1.28 bits per heavy atom. The third-order valence-electron chi connectivity index (χ3n) is 5.72. The van der Waals surface area contributed by atoms with Gasteiger partial charge < -0.3 is 14.5 Å². The van der Waals surface area contributed by atoms with Gasteiger partial charge in [0.25, 0.3) is 0 Å². The van der Waals surface area contributed by atoms with Gasteiger partial charge in [0.1, 0.15) is 11.4 Å². The molecule has 1 saturated heterocycles. The normalized spacial score (nSPS) is 18.3. The molecule has 29 heavy (non-hydrogen) atoms. The lowest BCUT2D eigenvalue weighted by Gasteiger charge is -2.22. The SMILES string of the molecule is COc1cc(F)c([N+](=O)[O-])c(N2CC(CCN3CCCC3=O)c3ccccc32)c1. The van der Waals surface area contributed by atoms with Crippen molar-refractivity contribution in [1.82, 2.24) is 4.90 Å². The van der Waals surface area contributed by atoms with Crippen LogP contribution in [-0.2, 0) is 4.79 Å². The van der Waals surface area contributed by atoms with Gasteiger partial charge in [0.05, 0.1) is 12.0 Å². The molecule has 0 bridgehead atoms. The van der Waals surface area contributed by atoms with Crippen molar-refractivity contribution in [2.75, 3.05) is 31.6 Å².